The average Bonchev–Trinajstić information content (AvgIpc) is 0.871. The van der Waals surface area contributed by atoms with Crippen molar-refractivity contribution >= 4 is 81.4 Å². The number of carbonyl (C=O) groups excluding carboxylic acids is 10. The molecule has 3 amide bonds. The Morgan fingerprint density at radius 1 is 0.455 bits per heavy atom. The number of esters is 7. The SMILES string of the molecule is CC[C@H](C(=O)OCCCCCCCCOC(=O)C(NC(=O)N[C@@H](Cc1ccccc1)C(=O)OCCCCCCOC(=O)[C@@H](CC(=O)C[C@@H](Cc1ccccc1)C(=O)OCC(COCCCSCCC(=O)OCCC[N+](C)(C)CCCS(=O)(=O)O)OC(=O)[C@H](Cc1ccccc1)NC(C)=O)Cc1ccccc1)C(C)C)C(C)C. The van der Waals surface area contributed by atoms with Gasteiger partial charge >= 0.3 is 47.8 Å². The Morgan fingerprint density at radius 2 is 0.893 bits per heavy atom. The Labute approximate surface area is 668 Å². The zero-order valence-corrected chi connectivity index (χ0v) is 68.8. The van der Waals surface area contributed by atoms with E-state index in [0.29, 0.717) is 87.1 Å². The standard InChI is InChI=1S/C85H124N4O21S2/c1-9-74(63(2)3)81(95)106-48-28-12-10-11-13-29-50-108-84(98)78(64(4)5)88-85(99)87-75(57-68-39-24-18-25-40-68)82(96)107-49-31-15-14-30-47-105-79(93)70(55-66-35-20-16-21-36-66)59-72(91)60-71(56-67-37-22-17-23-38-67)80(94)109-62-73(110-83(97)76(86-65(6)90)58-69-41-26-19-27-42-69)61-103-46-34-52-111-53-43-77(92)104-51-32-44-89(7,8)45-33-54-112(100,101)102/h16-27,35-42,63-64,70-71,73-76,78H,9-15,28-34,43-62H2,1-8H3,(H3-,86,87,88,90,99,100,101,102)/p+1/t70-,71-,73?,74+,75+,76+,78?/m1/s1. The Hall–Kier alpha value is -8.24. The molecule has 4 aromatic carbocycles. The predicted octanol–water partition coefficient (Wildman–Crippen LogP) is 11.8. The van der Waals surface area contributed by atoms with Gasteiger partial charge in [-0.3, -0.25) is 33.3 Å². The van der Waals surface area contributed by atoms with Crippen molar-refractivity contribution in [3.8, 4) is 0 Å². The van der Waals surface area contributed by atoms with Gasteiger partial charge in [0.1, 0.15) is 30.5 Å². The van der Waals surface area contributed by atoms with E-state index in [1.165, 1.54) is 18.7 Å². The van der Waals surface area contributed by atoms with E-state index in [-0.39, 0.29) is 126 Å². The number of urea groups is 1. The van der Waals surface area contributed by atoms with Crippen LogP contribution in [-0.2, 0) is 117 Å². The van der Waals surface area contributed by atoms with Crippen molar-refractivity contribution in [1.29, 1.82) is 0 Å². The van der Waals surface area contributed by atoms with Gasteiger partial charge in [-0.1, -0.05) is 182 Å². The van der Waals surface area contributed by atoms with Crippen molar-refractivity contribution < 1.29 is 103 Å². The highest BCUT2D eigenvalue weighted by Gasteiger charge is 2.33. The molecule has 0 aliphatic rings. The Kier molecular flexibility index (Phi) is 47.4. The third kappa shape index (κ3) is 43.7. The summed E-state index contributed by atoms with van der Waals surface area (Å²) in [5, 5.41) is 8.10. The van der Waals surface area contributed by atoms with Gasteiger partial charge in [-0.2, -0.15) is 20.2 Å². The van der Waals surface area contributed by atoms with Crippen LogP contribution < -0.4 is 16.0 Å². The summed E-state index contributed by atoms with van der Waals surface area (Å²) in [4.78, 5) is 134. The number of ether oxygens (including phenoxy) is 8. The smallest absolute Gasteiger partial charge is 0.329 e. The third-order valence-corrected chi connectivity index (χ3v) is 20.6. The van der Waals surface area contributed by atoms with Crippen molar-refractivity contribution in [2.75, 3.05) is 97.3 Å². The van der Waals surface area contributed by atoms with Crippen LogP contribution in [0, 0.1) is 29.6 Å². The molecule has 622 valence electrons. The highest BCUT2D eigenvalue weighted by atomic mass is 32.2. The van der Waals surface area contributed by atoms with Gasteiger partial charge in [-0.15, -0.1) is 0 Å². The fourth-order valence-electron chi connectivity index (χ4n) is 12.5. The van der Waals surface area contributed by atoms with Crippen LogP contribution in [0.15, 0.2) is 121 Å². The molecule has 0 heterocycles. The van der Waals surface area contributed by atoms with E-state index in [2.05, 4.69) is 16.0 Å². The summed E-state index contributed by atoms with van der Waals surface area (Å²) in [5.41, 5.74) is 3.07. The lowest BCUT2D eigenvalue weighted by molar-refractivity contribution is -0.890. The van der Waals surface area contributed by atoms with Crippen LogP contribution in [0.3, 0.4) is 0 Å². The first-order valence-electron chi connectivity index (χ1n) is 39.7. The Morgan fingerprint density at radius 3 is 1.37 bits per heavy atom. The van der Waals surface area contributed by atoms with Crippen molar-refractivity contribution in [3.63, 3.8) is 0 Å². The molecular weight excluding hydrogens is 1480 g/mol. The van der Waals surface area contributed by atoms with Gasteiger partial charge in [0.2, 0.25) is 5.91 Å². The van der Waals surface area contributed by atoms with Gasteiger partial charge < -0.3 is 58.3 Å². The molecule has 112 heavy (non-hydrogen) atoms. The zero-order chi connectivity index (χ0) is 81.9. The molecular formula is C85H125N4O21S2+. The molecule has 7 atom stereocenters. The number of rotatable bonds is 60. The molecule has 4 N–H and O–H groups in total. The second-order valence-corrected chi connectivity index (χ2v) is 32.6. The molecule has 0 saturated heterocycles. The molecule has 2 unspecified atom stereocenters. The Balaban J connectivity index is 1.29. The normalized spacial score (nSPS) is 13.4. The fraction of sp³-hybridized carbons (Fsp3) is 0.600. The van der Waals surface area contributed by atoms with Gasteiger partial charge in [0.05, 0.1) is 96.8 Å². The van der Waals surface area contributed by atoms with Gasteiger partial charge in [0, 0.05) is 57.8 Å². The van der Waals surface area contributed by atoms with E-state index in [0.717, 1.165) is 60.8 Å². The minimum absolute atomic E-state index is 0.0453. The number of unbranched alkanes of at least 4 members (excludes halogenated alkanes) is 8. The van der Waals surface area contributed by atoms with Crippen LogP contribution in [0.1, 0.15) is 173 Å². The molecule has 25 nitrogen and oxygen atoms in total. The van der Waals surface area contributed by atoms with Gasteiger partial charge in [-0.25, -0.2) is 19.2 Å². The number of thioether (sulfide) groups is 1. The number of amides is 3. The van der Waals surface area contributed by atoms with E-state index in [4.69, 9.17) is 42.4 Å². The summed E-state index contributed by atoms with van der Waals surface area (Å²) in [6, 6.07) is 32.6. The van der Waals surface area contributed by atoms with E-state index < -0.39 is 94.6 Å². The maximum Gasteiger partial charge on any atom is 0.329 e. The average molecular weight is 1600 g/mol. The molecule has 0 bridgehead atoms. The van der Waals surface area contributed by atoms with Crippen LogP contribution in [0.4, 0.5) is 4.79 Å². The number of hydrogen-bond acceptors (Lipinski definition) is 21. The van der Waals surface area contributed by atoms with Gasteiger partial charge in [0.25, 0.3) is 10.1 Å². The van der Waals surface area contributed by atoms with Crippen molar-refractivity contribution in [1.82, 2.24) is 16.0 Å². The largest absolute Gasteiger partial charge is 0.465 e. The van der Waals surface area contributed by atoms with Crippen molar-refractivity contribution in [2.24, 2.45) is 29.6 Å². The highest BCUT2D eigenvalue weighted by molar-refractivity contribution is 7.99. The summed E-state index contributed by atoms with van der Waals surface area (Å²) in [6.07, 6.45) is 8.43. The summed E-state index contributed by atoms with van der Waals surface area (Å²) >= 11 is 1.52. The first-order valence-corrected chi connectivity index (χ1v) is 42.5. The Bertz CT molecular complexity index is 3520. The lowest BCUT2D eigenvalue weighted by atomic mass is 9.88. The monoisotopic (exact) mass is 1600 g/mol. The predicted molar refractivity (Wildman–Crippen MR) is 429 cm³/mol. The number of benzene rings is 4. The minimum atomic E-state index is -4.03. The summed E-state index contributed by atoms with van der Waals surface area (Å²) < 4.78 is 77.6. The number of Topliss-reactive ketones (excluding diaryl/α,β-unsaturated/α-hetero) is 1. The van der Waals surface area contributed by atoms with Crippen molar-refractivity contribution in [3.05, 3.63) is 144 Å². The third-order valence-electron chi connectivity index (χ3n) is 18.8. The topological polar surface area (TPSA) is 335 Å². The summed E-state index contributed by atoms with van der Waals surface area (Å²) in [7, 11) is -0.157. The number of nitrogens with one attached hydrogen (secondary N) is 3. The summed E-state index contributed by atoms with van der Waals surface area (Å²) in [6.45, 7) is 12.6. The molecule has 0 aliphatic heterocycles. The van der Waals surface area contributed by atoms with Crippen LogP contribution in [0.25, 0.3) is 0 Å². The number of quaternary nitrogens is 1. The molecule has 27 heteroatoms. The number of nitrogens with zero attached hydrogens (tertiary/aromatic N) is 1. The molecule has 4 aromatic rings. The van der Waals surface area contributed by atoms with E-state index in [1.54, 1.807) is 26.0 Å². The van der Waals surface area contributed by atoms with E-state index in [1.807, 2.05) is 144 Å². The molecule has 0 aliphatic carbocycles. The highest BCUT2D eigenvalue weighted by Crippen LogP contribution is 2.23. The second-order valence-electron chi connectivity index (χ2n) is 29.8. The fourth-order valence-corrected chi connectivity index (χ4v) is 13.8. The van der Waals surface area contributed by atoms with Gasteiger partial charge in [-0.05, 0) is 104 Å². The van der Waals surface area contributed by atoms with Crippen LogP contribution in [0.5, 0.6) is 0 Å². The van der Waals surface area contributed by atoms with E-state index in [9.17, 15) is 56.4 Å². The van der Waals surface area contributed by atoms with Crippen LogP contribution in [0.2, 0.25) is 0 Å². The lowest BCUT2D eigenvalue weighted by Gasteiger charge is -2.29. The molecule has 4 rings (SSSR count). The van der Waals surface area contributed by atoms with Crippen LogP contribution in [-0.4, -0.2) is 198 Å². The first-order chi connectivity index (χ1) is 53.6. The molecule has 0 aromatic heterocycles. The summed E-state index contributed by atoms with van der Waals surface area (Å²) in [5.74, 6) is -5.99. The van der Waals surface area contributed by atoms with Crippen molar-refractivity contribution in [2.45, 2.75) is 201 Å². The number of carbonyl (C=O) groups is 10. The zero-order valence-electron chi connectivity index (χ0n) is 67.2. The number of hydrogen-bond donors (Lipinski definition) is 4. The number of ketones is 1. The lowest BCUT2D eigenvalue weighted by Crippen LogP contribution is -2.53. The maximum atomic E-state index is 14.4. The second kappa shape index (κ2) is 55.3. The first kappa shape index (κ1) is 96.1. The molecule has 0 saturated carbocycles. The van der Waals surface area contributed by atoms with Gasteiger partial charge in [0.15, 0.2) is 6.10 Å². The van der Waals surface area contributed by atoms with E-state index >= 15 is 0 Å². The molecule has 0 radical (unpaired) electrons. The maximum absolute atomic E-state index is 14.4. The molecule has 0 spiro atoms. The van der Waals surface area contributed by atoms with Crippen LogP contribution >= 0.6 is 11.8 Å². The quantitative estimate of drug-likeness (QED) is 0.0105. The minimum Gasteiger partial charge on any atom is -0.465 e. The molecule has 0 fully saturated rings.